The fraction of sp³-hybridized carbons (Fsp3) is 0.583. The Hall–Kier alpha value is -3.59. The molecule has 0 saturated heterocycles. The van der Waals surface area contributed by atoms with Gasteiger partial charge in [-0.2, -0.15) is 0 Å². The number of nitrogens with one attached hydrogen (secondary N) is 1. The molecule has 2 aromatic rings. The standard InChI is InChI=1S/C36H46N2O7/c1-35(2)24-15-16-36(35,3)30(20-24)45-34(44)26-19-23-11-7-8-12-25(23)38(26)33(43)31(22-9-5-4-6-10-22)37-32(42)29(41)18-21-13-14-27(39)28(40)17-21/h7-8,11-14,17,22,24,26,29-31,39-41H,4-6,9-10,15-16,18-20H2,1-3H3,(H,37,42). The van der Waals surface area contributed by atoms with Crippen LogP contribution in [-0.2, 0) is 32.0 Å². The molecule has 6 rings (SSSR count). The summed E-state index contributed by atoms with van der Waals surface area (Å²) >= 11 is 0. The highest BCUT2D eigenvalue weighted by molar-refractivity contribution is 6.06. The average Bonchev–Trinajstić information content (AvgIpc) is 3.58. The molecule has 3 saturated carbocycles. The van der Waals surface area contributed by atoms with Gasteiger partial charge < -0.3 is 25.4 Å². The second kappa shape index (κ2) is 12.0. The molecule has 45 heavy (non-hydrogen) atoms. The number of phenolic OH excluding ortho intramolecular Hbond substituents is 2. The summed E-state index contributed by atoms with van der Waals surface area (Å²) in [6.45, 7) is 6.77. The largest absolute Gasteiger partial charge is 0.504 e. The molecule has 6 atom stereocenters. The van der Waals surface area contributed by atoms with E-state index < -0.39 is 30.1 Å². The number of para-hydroxylation sites is 1. The number of aromatic hydroxyl groups is 2. The van der Waals surface area contributed by atoms with E-state index in [1.165, 1.54) is 18.2 Å². The van der Waals surface area contributed by atoms with Gasteiger partial charge in [0.2, 0.25) is 5.91 Å². The number of hydrogen-bond donors (Lipinski definition) is 4. The van der Waals surface area contributed by atoms with E-state index in [1.807, 2.05) is 24.3 Å². The van der Waals surface area contributed by atoms with Gasteiger partial charge in [0.15, 0.2) is 11.5 Å². The maximum Gasteiger partial charge on any atom is 0.329 e. The number of rotatable bonds is 8. The smallest absolute Gasteiger partial charge is 0.329 e. The fourth-order valence-corrected chi connectivity index (χ4v) is 8.63. The molecule has 6 unspecified atom stereocenters. The lowest BCUT2D eigenvalue weighted by atomic mass is 9.70. The van der Waals surface area contributed by atoms with Crippen LogP contribution >= 0.6 is 0 Å². The first-order valence-electron chi connectivity index (χ1n) is 16.5. The summed E-state index contributed by atoms with van der Waals surface area (Å²) < 4.78 is 6.31. The minimum atomic E-state index is -1.48. The maximum atomic E-state index is 14.6. The zero-order valence-electron chi connectivity index (χ0n) is 26.5. The van der Waals surface area contributed by atoms with E-state index >= 15 is 0 Å². The van der Waals surface area contributed by atoms with Crippen LogP contribution in [0.25, 0.3) is 0 Å². The summed E-state index contributed by atoms with van der Waals surface area (Å²) in [5.41, 5.74) is 1.95. The van der Waals surface area contributed by atoms with Gasteiger partial charge >= 0.3 is 5.97 Å². The lowest BCUT2D eigenvalue weighted by Gasteiger charge is -2.39. The van der Waals surface area contributed by atoms with Gasteiger partial charge in [-0.15, -0.1) is 0 Å². The molecule has 2 amide bonds. The second-order valence-electron chi connectivity index (χ2n) is 14.5. The highest BCUT2D eigenvalue weighted by Crippen LogP contribution is 2.66. The van der Waals surface area contributed by atoms with Gasteiger partial charge in [0.1, 0.15) is 24.3 Å². The zero-order chi connectivity index (χ0) is 32.1. The summed E-state index contributed by atoms with van der Waals surface area (Å²) in [4.78, 5) is 43.6. The monoisotopic (exact) mass is 618 g/mol. The molecule has 0 radical (unpaired) electrons. The first-order valence-corrected chi connectivity index (χ1v) is 16.5. The number of phenols is 2. The van der Waals surface area contributed by atoms with Crippen LogP contribution in [0.15, 0.2) is 42.5 Å². The zero-order valence-corrected chi connectivity index (χ0v) is 26.5. The number of nitrogens with zero attached hydrogens (tertiary/aromatic N) is 1. The van der Waals surface area contributed by atoms with Crippen LogP contribution in [0.5, 0.6) is 11.5 Å². The number of hydrogen-bond acceptors (Lipinski definition) is 7. The molecule has 4 N–H and O–H groups in total. The van der Waals surface area contributed by atoms with E-state index in [1.54, 1.807) is 4.90 Å². The van der Waals surface area contributed by atoms with E-state index in [4.69, 9.17) is 4.74 Å². The Morgan fingerprint density at radius 3 is 2.40 bits per heavy atom. The molecule has 2 bridgehead atoms. The first kappa shape index (κ1) is 31.4. The predicted octanol–water partition coefficient (Wildman–Crippen LogP) is 4.78. The first-order chi connectivity index (χ1) is 21.4. The molecule has 3 fully saturated rings. The molecule has 2 aromatic carbocycles. The molecule has 3 aliphatic carbocycles. The average molecular weight is 619 g/mol. The van der Waals surface area contributed by atoms with Crippen molar-refractivity contribution in [2.75, 3.05) is 4.90 Å². The van der Waals surface area contributed by atoms with Crippen molar-refractivity contribution >= 4 is 23.5 Å². The molecular weight excluding hydrogens is 572 g/mol. The molecule has 242 valence electrons. The van der Waals surface area contributed by atoms with Crippen molar-refractivity contribution in [3.8, 4) is 11.5 Å². The second-order valence-corrected chi connectivity index (χ2v) is 14.5. The summed E-state index contributed by atoms with van der Waals surface area (Å²) in [5.74, 6) is -1.75. The quantitative estimate of drug-likeness (QED) is 0.247. The maximum absolute atomic E-state index is 14.6. The third-order valence-electron chi connectivity index (χ3n) is 11.9. The van der Waals surface area contributed by atoms with Gasteiger partial charge in [0.25, 0.3) is 5.91 Å². The Labute approximate surface area is 265 Å². The number of amides is 2. The van der Waals surface area contributed by atoms with Crippen molar-refractivity contribution in [3.63, 3.8) is 0 Å². The van der Waals surface area contributed by atoms with Crippen molar-refractivity contribution in [3.05, 3.63) is 53.6 Å². The normalized spacial score (nSPS) is 28.4. The fourth-order valence-electron chi connectivity index (χ4n) is 8.63. The highest BCUT2D eigenvalue weighted by atomic mass is 16.5. The number of esters is 1. The van der Waals surface area contributed by atoms with Crippen molar-refractivity contribution in [1.82, 2.24) is 5.32 Å². The minimum Gasteiger partial charge on any atom is -0.504 e. The third kappa shape index (κ3) is 5.58. The number of anilines is 1. The van der Waals surface area contributed by atoms with Crippen LogP contribution in [0.2, 0.25) is 0 Å². The van der Waals surface area contributed by atoms with Crippen molar-refractivity contribution < 1.29 is 34.4 Å². The number of benzene rings is 2. The van der Waals surface area contributed by atoms with Gasteiger partial charge in [-0.3, -0.25) is 14.5 Å². The highest BCUT2D eigenvalue weighted by Gasteiger charge is 2.63. The Morgan fingerprint density at radius 1 is 1.00 bits per heavy atom. The number of carbonyl (C=O) groups excluding carboxylic acids is 3. The van der Waals surface area contributed by atoms with Crippen LogP contribution in [0.1, 0.15) is 83.3 Å². The predicted molar refractivity (Wildman–Crippen MR) is 169 cm³/mol. The third-order valence-corrected chi connectivity index (χ3v) is 11.9. The molecule has 1 heterocycles. The minimum absolute atomic E-state index is 0.0716. The van der Waals surface area contributed by atoms with E-state index in [-0.39, 0.29) is 46.7 Å². The topological polar surface area (TPSA) is 136 Å². The van der Waals surface area contributed by atoms with Gasteiger partial charge in [0.05, 0.1) is 0 Å². The molecule has 9 heteroatoms. The Morgan fingerprint density at radius 2 is 1.73 bits per heavy atom. The van der Waals surface area contributed by atoms with Gasteiger partial charge in [-0.05, 0) is 78.7 Å². The van der Waals surface area contributed by atoms with Gasteiger partial charge in [-0.1, -0.05) is 64.3 Å². The summed E-state index contributed by atoms with van der Waals surface area (Å²) in [6.07, 6.45) is 5.94. The molecule has 0 aromatic heterocycles. The number of carbonyl (C=O) groups is 3. The van der Waals surface area contributed by atoms with Gasteiger partial charge in [0, 0.05) is 23.9 Å². The number of aliphatic hydroxyl groups excluding tert-OH is 1. The van der Waals surface area contributed by atoms with E-state index in [0.717, 1.165) is 56.9 Å². The molecule has 4 aliphatic rings. The SMILES string of the molecule is CC1(C)C2CCC1(C)C(OC(=O)C1Cc3ccccc3N1C(=O)C(NC(=O)C(O)Cc1ccc(O)c(O)c1)C1CCCCC1)C2. The lowest BCUT2D eigenvalue weighted by molar-refractivity contribution is -0.159. The molecular formula is C36H46N2O7. The van der Waals surface area contributed by atoms with Crippen molar-refractivity contribution in [1.29, 1.82) is 0 Å². The molecule has 1 aliphatic heterocycles. The van der Waals surface area contributed by atoms with Crippen LogP contribution in [0, 0.1) is 22.7 Å². The van der Waals surface area contributed by atoms with Crippen molar-refractivity contribution in [2.45, 2.75) is 109 Å². The number of aliphatic hydroxyl groups is 1. The van der Waals surface area contributed by atoms with E-state index in [0.29, 0.717) is 23.6 Å². The summed E-state index contributed by atoms with van der Waals surface area (Å²) in [6, 6.07) is 9.85. The van der Waals surface area contributed by atoms with Crippen LogP contribution < -0.4 is 10.2 Å². The Kier molecular flexibility index (Phi) is 8.35. The van der Waals surface area contributed by atoms with Crippen LogP contribution in [0.4, 0.5) is 5.69 Å². The number of ether oxygens (including phenoxy) is 1. The Bertz CT molecular complexity index is 1470. The Balaban J connectivity index is 1.24. The number of fused-ring (bicyclic) bond motifs is 3. The van der Waals surface area contributed by atoms with Crippen LogP contribution in [0.3, 0.4) is 0 Å². The lowest BCUT2D eigenvalue weighted by Crippen LogP contribution is -2.58. The summed E-state index contributed by atoms with van der Waals surface area (Å²) in [7, 11) is 0. The molecule has 0 spiro atoms. The van der Waals surface area contributed by atoms with E-state index in [9.17, 15) is 29.7 Å². The van der Waals surface area contributed by atoms with Crippen molar-refractivity contribution in [2.24, 2.45) is 22.7 Å². The van der Waals surface area contributed by atoms with E-state index in [2.05, 4.69) is 26.1 Å². The summed E-state index contributed by atoms with van der Waals surface area (Å²) in [5, 5.41) is 33.2. The molecule has 9 nitrogen and oxygen atoms in total. The van der Waals surface area contributed by atoms with Crippen LogP contribution in [-0.4, -0.2) is 57.4 Å². The van der Waals surface area contributed by atoms with Gasteiger partial charge in [-0.25, -0.2) is 4.79 Å².